The Morgan fingerprint density at radius 1 is 1.16 bits per heavy atom. The van der Waals surface area contributed by atoms with Gasteiger partial charge in [-0.05, 0) is 63.6 Å². The zero-order valence-electron chi connectivity index (χ0n) is 12.5. The lowest BCUT2D eigenvalue weighted by Crippen LogP contribution is -2.18. The third kappa shape index (κ3) is 4.12. The summed E-state index contributed by atoms with van der Waals surface area (Å²) in [7, 11) is -3.93. The number of rotatable bonds is 4. The number of amidine groups is 1. The first kappa shape index (κ1) is 17.7. The highest BCUT2D eigenvalue weighted by molar-refractivity contribution is 9.10. The predicted molar refractivity (Wildman–Crippen MR) is 99.8 cm³/mol. The number of thioether (sulfide) groups is 1. The lowest BCUT2D eigenvalue weighted by atomic mass is 10.2. The van der Waals surface area contributed by atoms with Gasteiger partial charge in [-0.15, -0.1) is 0 Å². The van der Waals surface area contributed by atoms with Gasteiger partial charge in [-0.25, -0.2) is 0 Å². The molecule has 0 aliphatic carbocycles. The van der Waals surface area contributed by atoms with E-state index in [9.17, 15) is 13.2 Å². The van der Waals surface area contributed by atoms with Crippen molar-refractivity contribution in [1.82, 2.24) is 5.32 Å². The molecule has 1 aliphatic rings. The van der Waals surface area contributed by atoms with Gasteiger partial charge in [0.15, 0.2) is 10.9 Å². The summed E-state index contributed by atoms with van der Waals surface area (Å²) in [6.45, 7) is 0. The average molecular weight is 439 g/mol. The van der Waals surface area contributed by atoms with Gasteiger partial charge in [-0.1, -0.05) is 24.3 Å². The van der Waals surface area contributed by atoms with E-state index < -0.39 is 10.1 Å². The van der Waals surface area contributed by atoms with Crippen LogP contribution in [0.3, 0.4) is 0 Å². The Morgan fingerprint density at radius 2 is 1.88 bits per heavy atom. The van der Waals surface area contributed by atoms with E-state index in [0.717, 1.165) is 11.8 Å². The molecule has 0 atom stereocenters. The molecule has 2 aromatic carbocycles. The van der Waals surface area contributed by atoms with E-state index in [1.165, 1.54) is 18.2 Å². The van der Waals surface area contributed by atoms with Gasteiger partial charge >= 0.3 is 10.1 Å². The zero-order valence-corrected chi connectivity index (χ0v) is 15.7. The molecule has 128 valence electrons. The summed E-state index contributed by atoms with van der Waals surface area (Å²) in [6.07, 6.45) is 1.61. The quantitative estimate of drug-likeness (QED) is 0.563. The minimum atomic E-state index is -3.93. The molecule has 0 unspecified atom stereocenters. The van der Waals surface area contributed by atoms with Crippen molar-refractivity contribution in [2.24, 2.45) is 0 Å². The molecule has 1 amide bonds. The number of carbonyl (C=O) groups is 1. The van der Waals surface area contributed by atoms with Crippen LogP contribution in [-0.4, -0.2) is 19.5 Å². The molecule has 0 bridgehead atoms. The Hall–Kier alpha value is -2.10. The molecule has 1 aliphatic heterocycles. The topological polar surface area (TPSA) is 96.3 Å². The van der Waals surface area contributed by atoms with Crippen molar-refractivity contribution >= 4 is 55.0 Å². The minimum absolute atomic E-state index is 0.0608. The van der Waals surface area contributed by atoms with Crippen LogP contribution in [0.15, 0.2) is 62.8 Å². The van der Waals surface area contributed by atoms with Crippen LogP contribution >= 0.6 is 27.7 Å². The smallest absolute Gasteiger partial charge is 0.339 e. The number of benzene rings is 2. The van der Waals surface area contributed by atoms with Crippen molar-refractivity contribution in [2.75, 3.05) is 0 Å². The second kappa shape index (κ2) is 7.03. The van der Waals surface area contributed by atoms with Crippen LogP contribution < -0.4 is 9.50 Å². The maximum Gasteiger partial charge on any atom is 0.339 e. The van der Waals surface area contributed by atoms with Crippen molar-refractivity contribution in [3.05, 3.63) is 63.5 Å². The lowest BCUT2D eigenvalue weighted by Gasteiger charge is -2.09. The molecule has 6 nitrogen and oxygen atoms in total. The van der Waals surface area contributed by atoms with Crippen LogP contribution in [0, 0.1) is 5.41 Å². The van der Waals surface area contributed by atoms with Crippen molar-refractivity contribution in [1.29, 1.82) is 5.41 Å². The first-order chi connectivity index (χ1) is 11.8. The number of hydrogen-bond donors (Lipinski definition) is 2. The summed E-state index contributed by atoms with van der Waals surface area (Å²) < 4.78 is 30.1. The molecule has 1 fully saturated rings. The third-order valence-corrected chi connectivity index (χ3v) is 5.85. The first-order valence-corrected chi connectivity index (χ1v) is 9.95. The molecule has 0 aromatic heterocycles. The maximum atomic E-state index is 12.3. The van der Waals surface area contributed by atoms with Gasteiger partial charge in [0.1, 0.15) is 4.90 Å². The fourth-order valence-corrected chi connectivity index (χ4v) is 4.28. The number of halogens is 1. The van der Waals surface area contributed by atoms with Crippen LogP contribution in [-0.2, 0) is 14.9 Å². The molecule has 9 heteroatoms. The van der Waals surface area contributed by atoms with Crippen molar-refractivity contribution in [3.8, 4) is 5.75 Å². The molecule has 25 heavy (non-hydrogen) atoms. The van der Waals surface area contributed by atoms with Crippen molar-refractivity contribution in [2.45, 2.75) is 4.90 Å². The summed E-state index contributed by atoms with van der Waals surface area (Å²) in [5.41, 5.74) is 0.670. The Morgan fingerprint density at radius 3 is 2.48 bits per heavy atom. The standard InChI is InChI=1S/C16H11BrN2O4S2/c17-12-8-10(9-14-15(20)19-16(18)24-14)6-7-13(12)23-25(21,22)11-4-2-1-3-5-11/h1-9H,(H2,18,19,20). The van der Waals surface area contributed by atoms with Crippen LogP contribution in [0.1, 0.15) is 5.56 Å². The Bertz CT molecular complexity index is 988. The fraction of sp³-hybridized carbons (Fsp3) is 0. The summed E-state index contributed by atoms with van der Waals surface area (Å²) in [4.78, 5) is 12.1. The van der Waals surface area contributed by atoms with Crippen LogP contribution in [0.5, 0.6) is 5.75 Å². The van der Waals surface area contributed by atoms with Gasteiger partial charge in [0.25, 0.3) is 5.91 Å². The van der Waals surface area contributed by atoms with Gasteiger partial charge < -0.3 is 9.50 Å². The highest BCUT2D eigenvalue weighted by Gasteiger charge is 2.22. The highest BCUT2D eigenvalue weighted by Crippen LogP contribution is 2.31. The van der Waals surface area contributed by atoms with Gasteiger partial charge in [0.2, 0.25) is 0 Å². The van der Waals surface area contributed by atoms with E-state index in [-0.39, 0.29) is 21.7 Å². The van der Waals surface area contributed by atoms with Gasteiger partial charge in [0, 0.05) is 0 Å². The zero-order chi connectivity index (χ0) is 18.0. The minimum Gasteiger partial charge on any atom is -0.378 e. The Balaban J connectivity index is 1.85. The lowest BCUT2D eigenvalue weighted by molar-refractivity contribution is -0.115. The average Bonchev–Trinajstić information content (AvgIpc) is 2.88. The number of carbonyl (C=O) groups excluding carboxylic acids is 1. The molecule has 3 rings (SSSR count). The van der Waals surface area contributed by atoms with E-state index in [1.54, 1.807) is 36.4 Å². The van der Waals surface area contributed by atoms with E-state index in [4.69, 9.17) is 9.59 Å². The van der Waals surface area contributed by atoms with Gasteiger partial charge in [-0.2, -0.15) is 8.42 Å². The number of hydrogen-bond acceptors (Lipinski definition) is 6. The molecular formula is C16H11BrN2O4S2. The van der Waals surface area contributed by atoms with Gasteiger partial charge in [-0.3, -0.25) is 10.2 Å². The molecule has 0 spiro atoms. The fourth-order valence-electron chi connectivity index (χ4n) is 2.02. The predicted octanol–water partition coefficient (Wildman–Crippen LogP) is 3.36. The highest BCUT2D eigenvalue weighted by atomic mass is 79.9. The SMILES string of the molecule is N=C1NC(=O)C(=Cc2ccc(OS(=O)(=O)c3ccccc3)c(Br)c2)S1. The summed E-state index contributed by atoms with van der Waals surface area (Å²) in [5, 5.41) is 9.89. The summed E-state index contributed by atoms with van der Waals surface area (Å²) >= 11 is 4.31. The second-order valence-corrected chi connectivity index (χ2v) is 8.39. The summed E-state index contributed by atoms with van der Waals surface area (Å²) in [6, 6.07) is 12.6. The molecule has 0 radical (unpaired) electrons. The molecular weight excluding hydrogens is 428 g/mol. The molecule has 2 aromatic rings. The van der Waals surface area contributed by atoms with E-state index in [0.29, 0.717) is 14.9 Å². The number of nitrogens with one attached hydrogen (secondary N) is 2. The Kier molecular flexibility index (Phi) is 4.98. The second-order valence-electron chi connectivity index (χ2n) is 4.93. The van der Waals surface area contributed by atoms with E-state index in [2.05, 4.69) is 21.2 Å². The van der Waals surface area contributed by atoms with E-state index >= 15 is 0 Å². The maximum absolute atomic E-state index is 12.3. The molecule has 2 N–H and O–H groups in total. The van der Waals surface area contributed by atoms with Crippen LogP contribution in [0.4, 0.5) is 0 Å². The van der Waals surface area contributed by atoms with Crippen LogP contribution in [0.25, 0.3) is 6.08 Å². The van der Waals surface area contributed by atoms with Crippen LogP contribution in [0.2, 0.25) is 0 Å². The summed E-state index contributed by atoms with van der Waals surface area (Å²) in [5.74, 6) is -0.194. The Labute approximate surface area is 157 Å². The first-order valence-electron chi connectivity index (χ1n) is 6.94. The van der Waals surface area contributed by atoms with Crippen molar-refractivity contribution in [3.63, 3.8) is 0 Å². The molecule has 0 saturated carbocycles. The third-order valence-electron chi connectivity index (χ3n) is 3.15. The number of amides is 1. The van der Waals surface area contributed by atoms with E-state index in [1.807, 2.05) is 0 Å². The largest absolute Gasteiger partial charge is 0.378 e. The van der Waals surface area contributed by atoms with Crippen molar-refractivity contribution < 1.29 is 17.4 Å². The van der Waals surface area contributed by atoms with Gasteiger partial charge in [0.05, 0.1) is 9.38 Å². The molecule has 1 saturated heterocycles. The molecule has 1 heterocycles. The normalized spacial score (nSPS) is 16.1. The monoisotopic (exact) mass is 438 g/mol.